The van der Waals surface area contributed by atoms with Crippen LogP contribution < -0.4 is 5.73 Å². The number of thioether (sulfide) groups is 1. The zero-order chi connectivity index (χ0) is 13.4. The van der Waals surface area contributed by atoms with E-state index < -0.39 is 0 Å². The summed E-state index contributed by atoms with van der Waals surface area (Å²) < 4.78 is 13.8. The van der Waals surface area contributed by atoms with E-state index in [2.05, 4.69) is 11.8 Å². The Morgan fingerprint density at radius 2 is 2.28 bits per heavy atom. The molecule has 1 unspecified atom stereocenters. The molecule has 3 N–H and O–H groups in total. The summed E-state index contributed by atoms with van der Waals surface area (Å²) in [4.78, 5) is 0. The number of nitrogens with two attached hydrogens (primary N) is 1. The van der Waals surface area contributed by atoms with E-state index >= 15 is 0 Å². The predicted molar refractivity (Wildman–Crippen MR) is 74.8 cm³/mol. The number of hydrogen-bond donors (Lipinski definition) is 2. The second kappa shape index (κ2) is 8.15. The molecule has 0 aliphatic heterocycles. The summed E-state index contributed by atoms with van der Waals surface area (Å²) in [6, 6.07) is 5.00. The lowest BCUT2D eigenvalue weighted by Crippen LogP contribution is -2.00. The molecule has 2 nitrogen and oxygen atoms in total. The van der Waals surface area contributed by atoms with E-state index in [0.717, 1.165) is 6.42 Å². The van der Waals surface area contributed by atoms with Gasteiger partial charge in [0.05, 0.1) is 6.54 Å². The Hall–Kier alpha value is -1.02. The van der Waals surface area contributed by atoms with Gasteiger partial charge in [0.15, 0.2) is 0 Å². The molecule has 0 aromatic heterocycles. The van der Waals surface area contributed by atoms with Crippen LogP contribution in [-0.2, 0) is 5.75 Å². The fraction of sp³-hybridized carbons (Fsp3) is 0.429. The lowest BCUT2D eigenvalue weighted by atomic mass is 10.1. The molecule has 4 heteroatoms. The molecular weight excluding hydrogens is 249 g/mol. The van der Waals surface area contributed by atoms with Crippen molar-refractivity contribution in [3.05, 3.63) is 35.1 Å². The zero-order valence-corrected chi connectivity index (χ0v) is 11.3. The van der Waals surface area contributed by atoms with Crippen LogP contribution in [0.5, 0.6) is 0 Å². The number of aliphatic hydroxyl groups excluding tert-OH is 1. The summed E-state index contributed by atoms with van der Waals surface area (Å²) >= 11 is 1.64. The van der Waals surface area contributed by atoms with Crippen molar-refractivity contribution >= 4 is 11.8 Å². The third-order valence-electron chi connectivity index (χ3n) is 2.45. The topological polar surface area (TPSA) is 46.2 Å². The highest BCUT2D eigenvalue weighted by Crippen LogP contribution is 2.22. The van der Waals surface area contributed by atoms with E-state index in [-0.39, 0.29) is 19.0 Å². The van der Waals surface area contributed by atoms with Crippen molar-refractivity contribution in [1.29, 1.82) is 0 Å². The predicted octanol–water partition coefficient (Wildman–Crippen LogP) is 2.14. The Morgan fingerprint density at radius 3 is 2.89 bits per heavy atom. The summed E-state index contributed by atoms with van der Waals surface area (Å²) in [5, 5.41) is 9.12. The van der Waals surface area contributed by atoms with E-state index in [9.17, 15) is 4.39 Å². The van der Waals surface area contributed by atoms with E-state index in [4.69, 9.17) is 10.8 Å². The summed E-state index contributed by atoms with van der Waals surface area (Å²) in [5.74, 6) is 5.87. The number of benzene rings is 1. The average molecular weight is 267 g/mol. The SMILES string of the molecule is CC(CCO)SCc1ccc(C#CCN)cc1F. The van der Waals surface area contributed by atoms with E-state index in [1.165, 1.54) is 6.07 Å². The molecule has 0 bridgehead atoms. The first-order valence-corrected chi connectivity index (χ1v) is 6.92. The molecule has 0 aliphatic carbocycles. The van der Waals surface area contributed by atoms with Gasteiger partial charge in [-0.2, -0.15) is 11.8 Å². The van der Waals surface area contributed by atoms with Gasteiger partial charge in [0.2, 0.25) is 0 Å². The van der Waals surface area contributed by atoms with Gasteiger partial charge in [-0.05, 0) is 24.1 Å². The van der Waals surface area contributed by atoms with Gasteiger partial charge in [-0.3, -0.25) is 0 Å². The minimum absolute atomic E-state index is 0.171. The van der Waals surface area contributed by atoms with Gasteiger partial charge in [0, 0.05) is 23.2 Å². The highest BCUT2D eigenvalue weighted by atomic mass is 32.2. The highest BCUT2D eigenvalue weighted by molar-refractivity contribution is 7.99. The van der Waals surface area contributed by atoms with Gasteiger partial charge in [0.1, 0.15) is 5.82 Å². The average Bonchev–Trinajstić information content (AvgIpc) is 2.35. The second-order valence-electron chi connectivity index (χ2n) is 3.95. The maximum Gasteiger partial charge on any atom is 0.128 e. The molecule has 1 atom stereocenters. The van der Waals surface area contributed by atoms with Crippen LogP contribution in [-0.4, -0.2) is 23.5 Å². The highest BCUT2D eigenvalue weighted by Gasteiger charge is 2.06. The molecule has 0 fully saturated rings. The summed E-state index contributed by atoms with van der Waals surface area (Å²) in [5.41, 5.74) is 6.58. The Kier molecular flexibility index (Phi) is 6.81. The van der Waals surface area contributed by atoms with Crippen molar-refractivity contribution in [3.63, 3.8) is 0 Å². The Morgan fingerprint density at radius 1 is 1.50 bits per heavy atom. The van der Waals surface area contributed by atoms with Crippen LogP contribution >= 0.6 is 11.8 Å². The lowest BCUT2D eigenvalue weighted by molar-refractivity contribution is 0.289. The van der Waals surface area contributed by atoms with E-state index in [0.29, 0.717) is 22.1 Å². The Labute approximate surface area is 112 Å². The number of halogens is 1. The van der Waals surface area contributed by atoms with E-state index in [1.54, 1.807) is 23.9 Å². The number of hydrogen-bond acceptors (Lipinski definition) is 3. The molecular formula is C14H18FNOS. The van der Waals surface area contributed by atoms with Crippen LogP contribution in [0.1, 0.15) is 24.5 Å². The molecule has 0 heterocycles. The van der Waals surface area contributed by atoms with Gasteiger partial charge >= 0.3 is 0 Å². The molecule has 1 aromatic rings. The van der Waals surface area contributed by atoms with E-state index in [1.807, 2.05) is 6.92 Å². The molecule has 1 rings (SSSR count). The molecule has 0 aliphatic rings. The Balaban J connectivity index is 2.62. The fourth-order valence-corrected chi connectivity index (χ4v) is 2.36. The molecule has 0 saturated heterocycles. The van der Waals surface area contributed by atoms with Crippen molar-refractivity contribution in [2.75, 3.05) is 13.2 Å². The van der Waals surface area contributed by atoms with Gasteiger partial charge in [-0.1, -0.05) is 24.8 Å². The maximum absolute atomic E-state index is 13.8. The minimum atomic E-state index is -0.234. The lowest BCUT2D eigenvalue weighted by Gasteiger charge is -2.09. The standard InChI is InChI=1S/C14H18FNOS/c1-11(6-8-17)18-10-13-5-4-12(3-2-7-16)9-14(13)15/h4-5,9,11,17H,6-8,10,16H2,1H3. The first kappa shape index (κ1) is 15.0. The third-order valence-corrected chi connectivity index (χ3v) is 3.73. The van der Waals surface area contributed by atoms with Crippen LogP contribution in [0.2, 0.25) is 0 Å². The normalized spacial score (nSPS) is 11.8. The first-order chi connectivity index (χ1) is 8.67. The molecule has 0 saturated carbocycles. The maximum atomic E-state index is 13.8. The smallest absolute Gasteiger partial charge is 0.128 e. The van der Waals surface area contributed by atoms with Crippen molar-refractivity contribution in [2.45, 2.75) is 24.3 Å². The summed E-state index contributed by atoms with van der Waals surface area (Å²) in [7, 11) is 0. The summed E-state index contributed by atoms with van der Waals surface area (Å²) in [6.45, 7) is 2.47. The van der Waals surface area contributed by atoms with Crippen molar-refractivity contribution in [2.24, 2.45) is 5.73 Å². The fourth-order valence-electron chi connectivity index (χ4n) is 1.39. The largest absolute Gasteiger partial charge is 0.396 e. The van der Waals surface area contributed by atoms with Crippen LogP contribution in [0.25, 0.3) is 0 Å². The van der Waals surface area contributed by atoms with Gasteiger partial charge < -0.3 is 10.8 Å². The van der Waals surface area contributed by atoms with Crippen molar-refractivity contribution in [3.8, 4) is 11.8 Å². The first-order valence-electron chi connectivity index (χ1n) is 5.87. The summed E-state index contributed by atoms with van der Waals surface area (Å²) in [6.07, 6.45) is 0.729. The zero-order valence-electron chi connectivity index (χ0n) is 10.4. The quantitative estimate of drug-likeness (QED) is 0.804. The second-order valence-corrected chi connectivity index (χ2v) is 5.37. The van der Waals surface area contributed by atoms with Crippen molar-refractivity contribution < 1.29 is 9.50 Å². The van der Waals surface area contributed by atoms with Crippen LogP contribution in [0.4, 0.5) is 4.39 Å². The van der Waals surface area contributed by atoms with Crippen LogP contribution in [0.3, 0.4) is 0 Å². The van der Waals surface area contributed by atoms with Gasteiger partial charge in [0.25, 0.3) is 0 Å². The number of aliphatic hydroxyl groups is 1. The molecule has 98 valence electrons. The van der Waals surface area contributed by atoms with Crippen LogP contribution in [0, 0.1) is 17.7 Å². The molecule has 0 spiro atoms. The molecule has 18 heavy (non-hydrogen) atoms. The van der Waals surface area contributed by atoms with Crippen molar-refractivity contribution in [1.82, 2.24) is 0 Å². The Bertz CT molecular complexity index is 439. The minimum Gasteiger partial charge on any atom is -0.396 e. The molecule has 0 radical (unpaired) electrons. The van der Waals surface area contributed by atoms with Gasteiger partial charge in [-0.15, -0.1) is 0 Å². The van der Waals surface area contributed by atoms with Gasteiger partial charge in [-0.25, -0.2) is 4.39 Å². The van der Waals surface area contributed by atoms with Crippen LogP contribution in [0.15, 0.2) is 18.2 Å². The number of rotatable bonds is 5. The molecule has 0 amide bonds. The third kappa shape index (κ3) is 5.09. The molecule has 1 aromatic carbocycles. The monoisotopic (exact) mass is 267 g/mol.